The molecule has 244 valence electrons. The molecule has 0 bridgehead atoms. The van der Waals surface area contributed by atoms with E-state index in [2.05, 4.69) is 11.8 Å². The molecule has 6 nitrogen and oxygen atoms in total. The number of hydrogen-bond acceptors (Lipinski definition) is 6. The molecule has 0 spiro atoms. The van der Waals surface area contributed by atoms with Crippen molar-refractivity contribution in [2.75, 3.05) is 6.61 Å². The third-order valence-electron chi connectivity index (χ3n) is 8.35. The van der Waals surface area contributed by atoms with Crippen molar-refractivity contribution in [3.8, 4) is 11.8 Å². The molecular weight excluding hydrogens is 598 g/mol. The Hall–Kier alpha value is -4.58. The molecule has 5 aromatic carbocycles. The fourth-order valence-electron chi connectivity index (χ4n) is 5.87. The first-order valence-corrected chi connectivity index (χ1v) is 16.4. The van der Waals surface area contributed by atoms with E-state index >= 15 is 0 Å². The Morgan fingerprint density at radius 1 is 0.542 bits per heavy atom. The maximum atomic E-state index is 12.1. The predicted octanol–water partition coefficient (Wildman–Crippen LogP) is 7.45. The molecule has 0 saturated carbocycles. The van der Waals surface area contributed by atoms with E-state index in [9.17, 15) is 5.21 Å². The molecule has 0 aliphatic carbocycles. The molecule has 0 amide bonds. The maximum Gasteiger partial charge on any atom is 0.125 e. The van der Waals surface area contributed by atoms with E-state index in [4.69, 9.17) is 18.9 Å². The topological polar surface area (TPSA) is 60.4 Å². The number of rotatable bonds is 14. The quantitative estimate of drug-likeness (QED) is 0.127. The van der Waals surface area contributed by atoms with Gasteiger partial charge in [0, 0.05) is 5.56 Å². The van der Waals surface area contributed by atoms with Crippen LogP contribution in [0.1, 0.15) is 27.8 Å². The molecule has 48 heavy (non-hydrogen) atoms. The van der Waals surface area contributed by atoms with Gasteiger partial charge in [0.25, 0.3) is 0 Å². The second-order valence-electron chi connectivity index (χ2n) is 11.8. The molecule has 5 aromatic rings. The fourth-order valence-corrected chi connectivity index (χ4v) is 5.87. The lowest BCUT2D eigenvalue weighted by molar-refractivity contribution is -0.188. The number of hydroxylamine groups is 2. The van der Waals surface area contributed by atoms with Crippen LogP contribution >= 0.6 is 0 Å². The van der Waals surface area contributed by atoms with E-state index in [-0.39, 0.29) is 6.61 Å². The van der Waals surface area contributed by atoms with E-state index < -0.39 is 30.4 Å². The van der Waals surface area contributed by atoms with Crippen molar-refractivity contribution in [2.24, 2.45) is 0 Å². The van der Waals surface area contributed by atoms with Crippen LogP contribution in [0, 0.1) is 11.8 Å². The minimum Gasteiger partial charge on any atom is -0.374 e. The fraction of sp³-hybridized carbons (Fsp3) is 0.238. The first-order chi connectivity index (χ1) is 23.7. The molecule has 1 heterocycles. The third kappa shape index (κ3) is 9.27. The standard InChI is InChI=1S/C42H41NO5/c44-43-38(27-26-33-16-6-1-7-17-33)41(47-30-36-22-12-4-13-23-36)42(48-31-37-24-14-5-15-25-37)40(43)39(46-29-35-20-10-3-11-21-35)32-45-28-34-18-8-2-9-19-34/h1-25,38-42,44H,28-32H2/t38-,39+,40-,41-,42+/m0/s1. The summed E-state index contributed by atoms with van der Waals surface area (Å²) in [5, 5.41) is 13.4. The van der Waals surface area contributed by atoms with Crippen molar-refractivity contribution < 1.29 is 24.2 Å². The molecule has 0 unspecified atom stereocenters. The number of ether oxygens (including phenoxy) is 4. The number of nitrogens with zero attached hydrogens (tertiary/aromatic N) is 1. The van der Waals surface area contributed by atoms with E-state index in [0.29, 0.717) is 26.4 Å². The lowest BCUT2D eigenvalue weighted by Crippen LogP contribution is -2.49. The average Bonchev–Trinajstić information content (AvgIpc) is 3.41. The third-order valence-corrected chi connectivity index (χ3v) is 8.35. The molecular formula is C42H41NO5. The van der Waals surface area contributed by atoms with Crippen LogP contribution in [0.4, 0.5) is 0 Å². The monoisotopic (exact) mass is 639 g/mol. The van der Waals surface area contributed by atoms with Crippen LogP contribution in [0.3, 0.4) is 0 Å². The zero-order valence-electron chi connectivity index (χ0n) is 26.9. The molecule has 1 fully saturated rings. The summed E-state index contributed by atoms with van der Waals surface area (Å²) in [6.45, 7) is 1.63. The van der Waals surface area contributed by atoms with Gasteiger partial charge in [0.2, 0.25) is 0 Å². The van der Waals surface area contributed by atoms with Crippen LogP contribution < -0.4 is 0 Å². The van der Waals surface area contributed by atoms with Gasteiger partial charge in [-0.2, -0.15) is 5.06 Å². The van der Waals surface area contributed by atoms with Crippen molar-refractivity contribution in [3.63, 3.8) is 0 Å². The van der Waals surface area contributed by atoms with Gasteiger partial charge in [-0.3, -0.25) is 0 Å². The molecule has 1 aliphatic heterocycles. The van der Waals surface area contributed by atoms with Crippen LogP contribution in [0.5, 0.6) is 0 Å². The summed E-state index contributed by atoms with van der Waals surface area (Å²) in [4.78, 5) is 0. The van der Waals surface area contributed by atoms with Crippen molar-refractivity contribution in [1.82, 2.24) is 5.06 Å². The largest absolute Gasteiger partial charge is 0.374 e. The minimum atomic E-state index is -0.698. The summed E-state index contributed by atoms with van der Waals surface area (Å²) in [6.07, 6.45) is -1.78. The minimum absolute atomic E-state index is 0.221. The first kappa shape index (κ1) is 33.3. The Balaban J connectivity index is 1.33. The highest BCUT2D eigenvalue weighted by Crippen LogP contribution is 2.33. The van der Waals surface area contributed by atoms with Gasteiger partial charge in [0.05, 0.1) is 39.1 Å². The summed E-state index contributed by atoms with van der Waals surface area (Å²) in [7, 11) is 0. The van der Waals surface area contributed by atoms with Crippen LogP contribution in [0.25, 0.3) is 0 Å². The summed E-state index contributed by atoms with van der Waals surface area (Å²) in [5.74, 6) is 6.59. The normalized spacial score (nSPS) is 19.8. The summed E-state index contributed by atoms with van der Waals surface area (Å²) < 4.78 is 26.3. The Bertz CT molecular complexity index is 1690. The highest BCUT2D eigenvalue weighted by Gasteiger charge is 2.53. The second-order valence-corrected chi connectivity index (χ2v) is 11.8. The van der Waals surface area contributed by atoms with E-state index in [0.717, 1.165) is 27.8 Å². The van der Waals surface area contributed by atoms with Gasteiger partial charge in [-0.15, -0.1) is 0 Å². The molecule has 6 rings (SSSR count). The van der Waals surface area contributed by atoms with Gasteiger partial charge in [0.15, 0.2) is 0 Å². The first-order valence-electron chi connectivity index (χ1n) is 16.4. The van der Waals surface area contributed by atoms with Crippen molar-refractivity contribution in [1.29, 1.82) is 0 Å². The zero-order chi connectivity index (χ0) is 32.8. The number of benzene rings is 5. The molecule has 1 saturated heterocycles. The SMILES string of the molecule is ON1[C@@H]([C@@H](COCc2ccccc2)OCc2ccccc2)[C@@H](OCc2ccccc2)[C@@H](OCc2ccccc2)[C@@H]1C#Cc1ccccc1. The molecule has 1 N–H and O–H groups in total. The van der Waals surface area contributed by atoms with Gasteiger partial charge in [-0.05, 0) is 34.4 Å². The van der Waals surface area contributed by atoms with Gasteiger partial charge >= 0.3 is 0 Å². The zero-order valence-corrected chi connectivity index (χ0v) is 26.9. The molecule has 5 atom stereocenters. The van der Waals surface area contributed by atoms with Crippen LogP contribution in [-0.4, -0.2) is 47.3 Å². The molecule has 1 aliphatic rings. The van der Waals surface area contributed by atoms with Gasteiger partial charge in [0.1, 0.15) is 24.4 Å². The number of hydrogen-bond donors (Lipinski definition) is 1. The average molecular weight is 640 g/mol. The van der Waals surface area contributed by atoms with E-state index in [1.54, 1.807) is 0 Å². The van der Waals surface area contributed by atoms with Crippen LogP contribution in [0.2, 0.25) is 0 Å². The second kappa shape index (κ2) is 17.5. The maximum absolute atomic E-state index is 12.1. The van der Waals surface area contributed by atoms with Gasteiger partial charge in [-0.25, -0.2) is 0 Å². The van der Waals surface area contributed by atoms with Gasteiger partial charge < -0.3 is 24.2 Å². The lowest BCUT2D eigenvalue weighted by atomic mass is 10.0. The molecule has 0 radical (unpaired) electrons. The van der Waals surface area contributed by atoms with Gasteiger partial charge in [-0.1, -0.05) is 151 Å². The summed E-state index contributed by atoms with van der Waals surface area (Å²) in [5.41, 5.74) is 4.96. The van der Waals surface area contributed by atoms with Crippen molar-refractivity contribution in [3.05, 3.63) is 179 Å². The Kier molecular flexibility index (Phi) is 12.2. The molecule has 6 heteroatoms. The predicted molar refractivity (Wildman–Crippen MR) is 186 cm³/mol. The van der Waals surface area contributed by atoms with E-state index in [1.165, 1.54) is 5.06 Å². The Morgan fingerprint density at radius 2 is 0.979 bits per heavy atom. The smallest absolute Gasteiger partial charge is 0.125 e. The summed E-state index contributed by atoms with van der Waals surface area (Å²) in [6, 6.07) is 48.5. The lowest BCUT2D eigenvalue weighted by Gasteiger charge is -2.32. The Morgan fingerprint density at radius 3 is 1.50 bits per heavy atom. The highest BCUT2D eigenvalue weighted by molar-refractivity contribution is 5.36. The van der Waals surface area contributed by atoms with Crippen LogP contribution in [0.15, 0.2) is 152 Å². The van der Waals surface area contributed by atoms with E-state index in [1.807, 2.05) is 152 Å². The van der Waals surface area contributed by atoms with Crippen molar-refractivity contribution in [2.45, 2.75) is 56.8 Å². The van der Waals surface area contributed by atoms with Crippen molar-refractivity contribution >= 4 is 0 Å². The molecule has 0 aromatic heterocycles. The Labute approximate surface area is 283 Å². The summed E-state index contributed by atoms with van der Waals surface area (Å²) >= 11 is 0. The highest BCUT2D eigenvalue weighted by atomic mass is 16.6. The van der Waals surface area contributed by atoms with Crippen LogP contribution in [-0.2, 0) is 45.4 Å².